The summed E-state index contributed by atoms with van der Waals surface area (Å²) < 4.78 is 11.0. The quantitative estimate of drug-likeness (QED) is 0.855. The second-order valence-electron chi connectivity index (χ2n) is 4.92. The van der Waals surface area contributed by atoms with Gasteiger partial charge in [0.25, 0.3) is 0 Å². The Hall–Kier alpha value is -1.13. The SMILES string of the molecule is CCOc1cncc(C(N)COC(C)(C)C)c1. The van der Waals surface area contributed by atoms with E-state index < -0.39 is 0 Å². The van der Waals surface area contributed by atoms with Gasteiger partial charge >= 0.3 is 0 Å². The molecule has 0 saturated carbocycles. The average Bonchev–Trinajstić information content (AvgIpc) is 2.26. The summed E-state index contributed by atoms with van der Waals surface area (Å²) in [6.07, 6.45) is 3.43. The molecule has 0 aliphatic heterocycles. The van der Waals surface area contributed by atoms with Crippen molar-refractivity contribution in [3.63, 3.8) is 0 Å². The van der Waals surface area contributed by atoms with Gasteiger partial charge in [-0.1, -0.05) is 0 Å². The third-order valence-electron chi connectivity index (χ3n) is 2.17. The number of nitrogens with two attached hydrogens (primary N) is 1. The summed E-state index contributed by atoms with van der Waals surface area (Å²) in [5.41, 5.74) is 6.80. The highest BCUT2D eigenvalue weighted by Crippen LogP contribution is 2.18. The first-order valence-electron chi connectivity index (χ1n) is 5.89. The predicted octanol–water partition coefficient (Wildman–Crippen LogP) is 2.30. The van der Waals surface area contributed by atoms with Crippen LogP contribution in [0.2, 0.25) is 0 Å². The van der Waals surface area contributed by atoms with Crippen LogP contribution in [-0.2, 0) is 4.74 Å². The molecule has 0 bridgehead atoms. The summed E-state index contributed by atoms with van der Waals surface area (Å²) in [7, 11) is 0. The molecule has 0 aliphatic carbocycles. The molecular formula is C13H22N2O2. The van der Waals surface area contributed by atoms with Crippen LogP contribution in [0.1, 0.15) is 39.3 Å². The fourth-order valence-electron chi connectivity index (χ4n) is 1.32. The number of rotatable bonds is 5. The molecule has 0 aliphatic rings. The summed E-state index contributed by atoms with van der Waals surface area (Å²) in [5.74, 6) is 0.746. The molecule has 4 nitrogen and oxygen atoms in total. The second kappa shape index (κ2) is 5.98. The van der Waals surface area contributed by atoms with Crippen molar-refractivity contribution >= 4 is 0 Å². The Morgan fingerprint density at radius 1 is 1.35 bits per heavy atom. The van der Waals surface area contributed by atoms with Crippen LogP contribution in [0.15, 0.2) is 18.5 Å². The van der Waals surface area contributed by atoms with Gasteiger partial charge in [0, 0.05) is 6.20 Å². The number of hydrogen-bond acceptors (Lipinski definition) is 4. The van der Waals surface area contributed by atoms with Gasteiger partial charge in [0.2, 0.25) is 0 Å². The van der Waals surface area contributed by atoms with Crippen LogP contribution in [0.25, 0.3) is 0 Å². The summed E-state index contributed by atoms with van der Waals surface area (Å²) in [6, 6.07) is 1.73. The third-order valence-corrected chi connectivity index (χ3v) is 2.17. The van der Waals surface area contributed by atoms with Crippen molar-refractivity contribution in [2.75, 3.05) is 13.2 Å². The van der Waals surface area contributed by atoms with Crippen molar-refractivity contribution in [3.05, 3.63) is 24.0 Å². The van der Waals surface area contributed by atoms with E-state index >= 15 is 0 Å². The minimum atomic E-state index is -0.179. The van der Waals surface area contributed by atoms with Gasteiger partial charge < -0.3 is 15.2 Å². The zero-order chi connectivity index (χ0) is 12.9. The van der Waals surface area contributed by atoms with Crippen molar-refractivity contribution in [1.82, 2.24) is 4.98 Å². The molecule has 0 radical (unpaired) electrons. The normalized spacial score (nSPS) is 13.5. The first-order chi connectivity index (χ1) is 7.92. The van der Waals surface area contributed by atoms with Gasteiger partial charge in [0.1, 0.15) is 5.75 Å². The van der Waals surface area contributed by atoms with E-state index in [2.05, 4.69) is 4.98 Å². The molecule has 1 aromatic heterocycles. The molecule has 17 heavy (non-hydrogen) atoms. The van der Waals surface area contributed by atoms with E-state index in [4.69, 9.17) is 15.2 Å². The first-order valence-corrected chi connectivity index (χ1v) is 5.89. The lowest BCUT2D eigenvalue weighted by Gasteiger charge is -2.22. The van der Waals surface area contributed by atoms with Crippen molar-refractivity contribution in [3.8, 4) is 5.75 Å². The molecule has 0 amide bonds. The molecule has 1 atom stereocenters. The Morgan fingerprint density at radius 3 is 2.65 bits per heavy atom. The van der Waals surface area contributed by atoms with Crippen LogP contribution in [0.3, 0.4) is 0 Å². The third kappa shape index (κ3) is 5.15. The maximum atomic E-state index is 6.05. The van der Waals surface area contributed by atoms with E-state index in [0.29, 0.717) is 13.2 Å². The van der Waals surface area contributed by atoms with E-state index in [1.807, 2.05) is 33.8 Å². The highest BCUT2D eigenvalue weighted by molar-refractivity contribution is 5.25. The van der Waals surface area contributed by atoms with Gasteiger partial charge in [-0.15, -0.1) is 0 Å². The lowest BCUT2D eigenvalue weighted by molar-refractivity contribution is -0.0102. The van der Waals surface area contributed by atoms with E-state index in [9.17, 15) is 0 Å². The van der Waals surface area contributed by atoms with Crippen molar-refractivity contribution in [2.45, 2.75) is 39.3 Å². The van der Waals surface area contributed by atoms with Gasteiger partial charge in [0.15, 0.2) is 0 Å². The standard InChI is InChI=1S/C13H22N2O2/c1-5-16-11-6-10(7-15-8-11)12(14)9-17-13(2,3)4/h6-8,12H,5,9,14H2,1-4H3. The van der Waals surface area contributed by atoms with Gasteiger partial charge in [-0.05, 0) is 39.3 Å². The van der Waals surface area contributed by atoms with Crippen LogP contribution in [0.4, 0.5) is 0 Å². The molecule has 4 heteroatoms. The summed E-state index contributed by atoms with van der Waals surface area (Å²) in [4.78, 5) is 4.11. The fraction of sp³-hybridized carbons (Fsp3) is 0.615. The number of pyridine rings is 1. The van der Waals surface area contributed by atoms with Crippen LogP contribution >= 0.6 is 0 Å². The van der Waals surface area contributed by atoms with Crippen molar-refractivity contribution < 1.29 is 9.47 Å². The minimum Gasteiger partial charge on any atom is -0.492 e. The van der Waals surface area contributed by atoms with Crippen LogP contribution in [0.5, 0.6) is 5.75 Å². The Bertz CT molecular complexity index is 348. The van der Waals surface area contributed by atoms with E-state index in [1.165, 1.54) is 0 Å². The number of ether oxygens (including phenoxy) is 2. The zero-order valence-corrected chi connectivity index (χ0v) is 11.1. The van der Waals surface area contributed by atoms with Gasteiger partial charge in [-0.2, -0.15) is 0 Å². The second-order valence-corrected chi connectivity index (χ2v) is 4.92. The monoisotopic (exact) mass is 238 g/mol. The summed E-state index contributed by atoms with van der Waals surface area (Å²) in [5, 5.41) is 0. The summed E-state index contributed by atoms with van der Waals surface area (Å²) in [6.45, 7) is 9.06. The Balaban J connectivity index is 2.62. The molecule has 1 heterocycles. The Kier molecular flexibility index (Phi) is 4.90. The maximum absolute atomic E-state index is 6.05. The molecule has 2 N–H and O–H groups in total. The minimum absolute atomic E-state index is 0.178. The van der Waals surface area contributed by atoms with Crippen LogP contribution in [-0.4, -0.2) is 23.8 Å². The molecular weight excluding hydrogens is 216 g/mol. The maximum Gasteiger partial charge on any atom is 0.137 e. The smallest absolute Gasteiger partial charge is 0.137 e. The van der Waals surface area contributed by atoms with E-state index in [-0.39, 0.29) is 11.6 Å². The topological polar surface area (TPSA) is 57.4 Å². The molecule has 1 unspecified atom stereocenters. The van der Waals surface area contributed by atoms with Crippen LogP contribution < -0.4 is 10.5 Å². The number of nitrogens with zero attached hydrogens (tertiary/aromatic N) is 1. The van der Waals surface area contributed by atoms with Crippen molar-refractivity contribution in [2.24, 2.45) is 5.73 Å². The van der Waals surface area contributed by atoms with Crippen molar-refractivity contribution in [1.29, 1.82) is 0 Å². The van der Waals surface area contributed by atoms with E-state index in [1.54, 1.807) is 12.4 Å². The zero-order valence-electron chi connectivity index (χ0n) is 11.1. The molecule has 96 valence electrons. The molecule has 1 aromatic rings. The largest absolute Gasteiger partial charge is 0.492 e. The molecule has 0 fully saturated rings. The highest BCUT2D eigenvalue weighted by atomic mass is 16.5. The lowest BCUT2D eigenvalue weighted by Crippen LogP contribution is -2.26. The average molecular weight is 238 g/mol. The van der Waals surface area contributed by atoms with E-state index in [0.717, 1.165) is 11.3 Å². The molecule has 0 aromatic carbocycles. The van der Waals surface area contributed by atoms with Gasteiger partial charge in [-0.25, -0.2) is 0 Å². The fourth-order valence-corrected chi connectivity index (χ4v) is 1.32. The lowest BCUT2D eigenvalue weighted by atomic mass is 10.1. The molecule has 0 saturated heterocycles. The molecule has 0 spiro atoms. The van der Waals surface area contributed by atoms with Crippen LogP contribution in [0, 0.1) is 0 Å². The van der Waals surface area contributed by atoms with Gasteiger partial charge in [0.05, 0.1) is 31.1 Å². The summed E-state index contributed by atoms with van der Waals surface area (Å²) >= 11 is 0. The highest BCUT2D eigenvalue weighted by Gasteiger charge is 2.14. The number of aromatic nitrogens is 1. The Labute approximate surface area is 103 Å². The first kappa shape index (κ1) is 13.9. The number of hydrogen-bond donors (Lipinski definition) is 1. The molecule has 1 rings (SSSR count). The predicted molar refractivity (Wildman–Crippen MR) is 68.0 cm³/mol. The Morgan fingerprint density at radius 2 is 2.06 bits per heavy atom. The van der Waals surface area contributed by atoms with Gasteiger partial charge in [-0.3, -0.25) is 4.98 Å².